The number of carbonyl (C=O) groups is 2. The van der Waals surface area contributed by atoms with Crippen LogP contribution in [0, 0.1) is 0 Å². The summed E-state index contributed by atoms with van der Waals surface area (Å²) in [5.41, 5.74) is 0. The number of piperidine rings is 1. The van der Waals surface area contributed by atoms with Crippen LogP contribution in [0.4, 0.5) is 4.79 Å². The molecule has 1 heterocycles. The van der Waals surface area contributed by atoms with Gasteiger partial charge < -0.3 is 24.7 Å². The smallest absolute Gasteiger partial charge is 0.326 e. The van der Waals surface area contributed by atoms with Crippen LogP contribution in [-0.2, 0) is 9.53 Å². The van der Waals surface area contributed by atoms with Gasteiger partial charge in [0.15, 0.2) is 0 Å². The summed E-state index contributed by atoms with van der Waals surface area (Å²) in [5, 5.41) is 18.1. The van der Waals surface area contributed by atoms with E-state index in [1.54, 1.807) is 0 Å². The first-order chi connectivity index (χ1) is 9.11. The van der Waals surface area contributed by atoms with Crippen LogP contribution in [-0.4, -0.2) is 78.0 Å². The fraction of sp³-hybridized carbons (Fsp3) is 0.833. The van der Waals surface area contributed by atoms with E-state index < -0.39 is 12.0 Å². The molecule has 19 heavy (non-hydrogen) atoms. The molecule has 1 fully saturated rings. The maximum atomic E-state index is 12.3. The summed E-state index contributed by atoms with van der Waals surface area (Å²) in [7, 11) is 1.53. The zero-order valence-corrected chi connectivity index (χ0v) is 11.2. The second kappa shape index (κ2) is 7.96. The lowest BCUT2D eigenvalue weighted by Crippen LogP contribution is -2.54. The number of carboxylic acid groups (broad SMARTS) is 1. The minimum absolute atomic E-state index is 0.152. The van der Waals surface area contributed by atoms with Crippen LogP contribution >= 0.6 is 0 Å². The number of aliphatic carboxylic acids is 1. The first-order valence-corrected chi connectivity index (χ1v) is 6.50. The molecule has 2 N–H and O–H groups in total. The van der Waals surface area contributed by atoms with Crippen molar-refractivity contribution in [1.29, 1.82) is 0 Å². The summed E-state index contributed by atoms with van der Waals surface area (Å²) in [5.74, 6) is -0.969. The number of aliphatic hydroxyl groups is 1. The molecular weight excluding hydrogens is 252 g/mol. The average molecular weight is 274 g/mol. The van der Waals surface area contributed by atoms with E-state index in [1.165, 1.54) is 16.9 Å². The quantitative estimate of drug-likeness (QED) is 0.710. The number of aliphatic hydroxyl groups excluding tert-OH is 1. The normalized spacial score (nSPS) is 19.3. The summed E-state index contributed by atoms with van der Waals surface area (Å²) in [6.07, 6.45) is 2.11. The van der Waals surface area contributed by atoms with Crippen LogP contribution in [0.2, 0.25) is 0 Å². The molecule has 1 aliphatic rings. The fourth-order valence-electron chi connectivity index (χ4n) is 2.22. The highest BCUT2D eigenvalue weighted by atomic mass is 16.5. The summed E-state index contributed by atoms with van der Waals surface area (Å²) in [6, 6.07) is -1.09. The Morgan fingerprint density at radius 1 is 1.37 bits per heavy atom. The van der Waals surface area contributed by atoms with E-state index >= 15 is 0 Å². The SMILES string of the molecule is COCCN(CCO)C(=O)N1CCCCC1C(=O)O. The minimum atomic E-state index is -0.969. The van der Waals surface area contributed by atoms with Gasteiger partial charge in [-0.3, -0.25) is 0 Å². The summed E-state index contributed by atoms with van der Waals surface area (Å²) in [4.78, 5) is 26.3. The van der Waals surface area contributed by atoms with Gasteiger partial charge in [0.25, 0.3) is 0 Å². The summed E-state index contributed by atoms with van der Waals surface area (Å²) >= 11 is 0. The summed E-state index contributed by atoms with van der Waals surface area (Å²) in [6.45, 7) is 1.19. The Hall–Kier alpha value is -1.34. The molecule has 1 unspecified atom stereocenters. The van der Waals surface area contributed by atoms with Gasteiger partial charge in [0.2, 0.25) is 0 Å². The van der Waals surface area contributed by atoms with Gasteiger partial charge in [0.1, 0.15) is 6.04 Å². The van der Waals surface area contributed by atoms with Crippen molar-refractivity contribution in [1.82, 2.24) is 9.80 Å². The van der Waals surface area contributed by atoms with Gasteiger partial charge in [-0.25, -0.2) is 9.59 Å². The van der Waals surface area contributed by atoms with E-state index in [2.05, 4.69) is 0 Å². The van der Waals surface area contributed by atoms with E-state index in [4.69, 9.17) is 14.9 Å². The van der Waals surface area contributed by atoms with Crippen LogP contribution in [0.25, 0.3) is 0 Å². The number of rotatable bonds is 6. The molecule has 7 nitrogen and oxygen atoms in total. The largest absolute Gasteiger partial charge is 0.480 e. The number of hydrogen-bond donors (Lipinski definition) is 2. The van der Waals surface area contributed by atoms with Crippen molar-refractivity contribution in [2.24, 2.45) is 0 Å². The Labute approximate surface area is 112 Å². The van der Waals surface area contributed by atoms with Crippen molar-refractivity contribution in [3.8, 4) is 0 Å². The van der Waals surface area contributed by atoms with Crippen molar-refractivity contribution in [2.75, 3.05) is 40.0 Å². The van der Waals surface area contributed by atoms with Crippen molar-refractivity contribution in [3.63, 3.8) is 0 Å². The van der Waals surface area contributed by atoms with E-state index in [1.807, 2.05) is 0 Å². The number of methoxy groups -OCH3 is 1. The molecule has 1 atom stereocenters. The number of likely N-dealkylation sites (tertiary alicyclic amines) is 1. The second-order valence-corrected chi connectivity index (χ2v) is 4.53. The number of hydrogen-bond acceptors (Lipinski definition) is 4. The van der Waals surface area contributed by atoms with E-state index in [0.29, 0.717) is 26.1 Å². The van der Waals surface area contributed by atoms with Crippen molar-refractivity contribution in [3.05, 3.63) is 0 Å². The maximum absolute atomic E-state index is 12.3. The Morgan fingerprint density at radius 3 is 2.68 bits per heavy atom. The second-order valence-electron chi connectivity index (χ2n) is 4.53. The lowest BCUT2D eigenvalue weighted by Gasteiger charge is -2.36. The average Bonchev–Trinajstić information content (AvgIpc) is 2.42. The molecule has 0 aromatic rings. The molecule has 2 amide bonds. The van der Waals surface area contributed by atoms with E-state index in [-0.39, 0.29) is 19.2 Å². The number of carboxylic acids is 1. The van der Waals surface area contributed by atoms with Crippen LogP contribution in [0.3, 0.4) is 0 Å². The number of urea groups is 1. The highest BCUT2D eigenvalue weighted by molar-refractivity contribution is 5.83. The van der Waals surface area contributed by atoms with Crippen LogP contribution < -0.4 is 0 Å². The number of amides is 2. The highest BCUT2D eigenvalue weighted by Crippen LogP contribution is 2.19. The Balaban J connectivity index is 2.71. The van der Waals surface area contributed by atoms with Gasteiger partial charge in [-0.15, -0.1) is 0 Å². The van der Waals surface area contributed by atoms with Gasteiger partial charge >= 0.3 is 12.0 Å². The van der Waals surface area contributed by atoms with Crippen molar-refractivity contribution >= 4 is 12.0 Å². The van der Waals surface area contributed by atoms with E-state index in [0.717, 1.165) is 12.8 Å². The lowest BCUT2D eigenvalue weighted by atomic mass is 10.0. The standard InChI is InChI=1S/C12H22N2O5/c1-19-9-7-13(6-8-15)12(18)14-5-3-2-4-10(14)11(16)17/h10,15H,2-9H2,1H3,(H,16,17). The number of carbonyl (C=O) groups excluding carboxylic acids is 1. The first-order valence-electron chi connectivity index (χ1n) is 6.50. The first kappa shape index (κ1) is 15.7. The van der Waals surface area contributed by atoms with Gasteiger partial charge in [-0.05, 0) is 19.3 Å². The molecule has 1 aliphatic heterocycles. The third-order valence-electron chi connectivity index (χ3n) is 3.24. The number of nitrogens with zero attached hydrogens (tertiary/aromatic N) is 2. The maximum Gasteiger partial charge on any atom is 0.326 e. The molecule has 1 rings (SSSR count). The van der Waals surface area contributed by atoms with Crippen molar-refractivity contribution in [2.45, 2.75) is 25.3 Å². The molecule has 0 saturated carbocycles. The highest BCUT2D eigenvalue weighted by Gasteiger charge is 2.34. The predicted molar refractivity (Wildman–Crippen MR) is 67.9 cm³/mol. The molecule has 0 radical (unpaired) electrons. The van der Waals surface area contributed by atoms with Gasteiger partial charge in [0, 0.05) is 26.7 Å². The Bertz CT molecular complexity index is 310. The van der Waals surface area contributed by atoms with Gasteiger partial charge in [0.05, 0.1) is 13.2 Å². The molecule has 0 aromatic heterocycles. The zero-order valence-electron chi connectivity index (χ0n) is 11.2. The molecule has 0 aromatic carbocycles. The molecule has 110 valence electrons. The molecule has 1 saturated heterocycles. The monoisotopic (exact) mass is 274 g/mol. The third kappa shape index (κ3) is 4.36. The van der Waals surface area contributed by atoms with Crippen LogP contribution in [0.5, 0.6) is 0 Å². The zero-order chi connectivity index (χ0) is 14.3. The lowest BCUT2D eigenvalue weighted by molar-refractivity contribution is -0.143. The molecule has 0 aliphatic carbocycles. The predicted octanol–water partition coefficient (Wildman–Crippen LogP) is -0.0138. The Morgan fingerprint density at radius 2 is 2.11 bits per heavy atom. The fourth-order valence-corrected chi connectivity index (χ4v) is 2.22. The van der Waals surface area contributed by atoms with Crippen molar-refractivity contribution < 1.29 is 24.5 Å². The molecule has 7 heteroatoms. The van der Waals surface area contributed by atoms with Gasteiger partial charge in [-0.1, -0.05) is 0 Å². The number of ether oxygens (including phenoxy) is 1. The van der Waals surface area contributed by atoms with E-state index in [9.17, 15) is 9.59 Å². The molecular formula is C12H22N2O5. The van der Waals surface area contributed by atoms with Crippen LogP contribution in [0.15, 0.2) is 0 Å². The Kier molecular flexibility index (Phi) is 6.58. The topological polar surface area (TPSA) is 90.3 Å². The third-order valence-corrected chi connectivity index (χ3v) is 3.24. The van der Waals surface area contributed by atoms with Crippen LogP contribution in [0.1, 0.15) is 19.3 Å². The van der Waals surface area contributed by atoms with Gasteiger partial charge in [-0.2, -0.15) is 0 Å². The molecule has 0 spiro atoms. The summed E-state index contributed by atoms with van der Waals surface area (Å²) < 4.78 is 4.92. The molecule has 0 bridgehead atoms. The minimum Gasteiger partial charge on any atom is -0.480 e.